The molecule has 3 heterocycles. The second kappa shape index (κ2) is 9.03. The molecule has 9 nitrogen and oxygen atoms in total. The van der Waals surface area contributed by atoms with Crippen LogP contribution in [0.15, 0.2) is 29.3 Å². The average molecular weight is 470 g/mol. The van der Waals surface area contributed by atoms with E-state index in [-0.39, 0.29) is 22.4 Å². The fraction of sp³-hybridized carbons (Fsp3) is 0.421. The van der Waals surface area contributed by atoms with Gasteiger partial charge in [-0.2, -0.15) is 0 Å². The standard InChI is InChI=1S/C19H21ClFN5O4S/c20-15-9-14(1-2-16(15)21)31(28,29)23-11-18(27)26-4-3-13-10-22-19(24-17(13)12-26)25-5-7-30-8-6-25/h1-2,9-10,23H,3-8,11-12H2. The number of amides is 1. The summed E-state index contributed by atoms with van der Waals surface area (Å²) in [5.74, 6) is -0.499. The summed E-state index contributed by atoms with van der Waals surface area (Å²) in [6.45, 7) is 2.94. The molecule has 0 saturated carbocycles. The maximum Gasteiger partial charge on any atom is 0.241 e. The van der Waals surface area contributed by atoms with Gasteiger partial charge in [-0.3, -0.25) is 4.79 Å². The Balaban J connectivity index is 1.40. The molecule has 12 heteroatoms. The summed E-state index contributed by atoms with van der Waals surface area (Å²) in [6, 6.07) is 3.06. The molecule has 2 aromatic rings. The highest BCUT2D eigenvalue weighted by atomic mass is 35.5. The minimum atomic E-state index is -4.01. The van der Waals surface area contributed by atoms with Gasteiger partial charge in [0, 0.05) is 25.8 Å². The molecule has 2 aliphatic heterocycles. The molecule has 0 spiro atoms. The lowest BCUT2D eigenvalue weighted by atomic mass is 10.1. The number of carbonyl (C=O) groups is 1. The molecule has 166 valence electrons. The number of nitrogens with zero attached hydrogens (tertiary/aromatic N) is 4. The molecule has 4 rings (SSSR count). The van der Waals surface area contributed by atoms with Gasteiger partial charge >= 0.3 is 0 Å². The molecule has 1 N–H and O–H groups in total. The summed E-state index contributed by atoms with van der Waals surface area (Å²) >= 11 is 5.66. The van der Waals surface area contributed by atoms with E-state index < -0.39 is 22.4 Å². The van der Waals surface area contributed by atoms with Crippen LogP contribution in [-0.2, 0) is 32.5 Å². The molecule has 1 aromatic heterocycles. The largest absolute Gasteiger partial charge is 0.378 e. The van der Waals surface area contributed by atoms with E-state index in [9.17, 15) is 17.6 Å². The van der Waals surface area contributed by atoms with Crippen molar-refractivity contribution in [1.29, 1.82) is 0 Å². The summed E-state index contributed by atoms with van der Waals surface area (Å²) < 4.78 is 45.7. The quantitative estimate of drug-likeness (QED) is 0.695. The SMILES string of the molecule is O=C(CNS(=O)(=O)c1ccc(F)c(Cl)c1)N1CCc2cnc(N3CCOCC3)nc2C1. The van der Waals surface area contributed by atoms with Crippen molar-refractivity contribution in [3.05, 3.63) is 46.5 Å². The zero-order valence-corrected chi connectivity index (χ0v) is 18.1. The minimum Gasteiger partial charge on any atom is -0.378 e. The van der Waals surface area contributed by atoms with Crippen molar-refractivity contribution in [2.75, 3.05) is 44.3 Å². The first kappa shape index (κ1) is 21.9. The number of carbonyl (C=O) groups excluding carboxylic acids is 1. The zero-order valence-electron chi connectivity index (χ0n) is 16.6. The van der Waals surface area contributed by atoms with Crippen molar-refractivity contribution in [2.45, 2.75) is 17.9 Å². The molecular weight excluding hydrogens is 449 g/mol. The first-order valence-electron chi connectivity index (χ1n) is 9.73. The molecule has 1 fully saturated rings. The molecule has 1 amide bonds. The number of ether oxygens (including phenoxy) is 1. The highest BCUT2D eigenvalue weighted by Crippen LogP contribution is 2.21. The Kier molecular flexibility index (Phi) is 6.37. The summed E-state index contributed by atoms with van der Waals surface area (Å²) in [7, 11) is -4.01. The number of hydrogen-bond acceptors (Lipinski definition) is 7. The number of rotatable bonds is 5. The number of nitrogens with one attached hydrogen (secondary N) is 1. The lowest BCUT2D eigenvalue weighted by Crippen LogP contribution is -2.43. The number of aromatic nitrogens is 2. The van der Waals surface area contributed by atoms with E-state index in [1.807, 2.05) is 4.90 Å². The van der Waals surface area contributed by atoms with E-state index in [1.165, 1.54) is 0 Å². The van der Waals surface area contributed by atoms with E-state index in [4.69, 9.17) is 16.3 Å². The van der Waals surface area contributed by atoms with Gasteiger partial charge in [0.2, 0.25) is 21.9 Å². The summed E-state index contributed by atoms with van der Waals surface area (Å²) in [6.07, 6.45) is 2.38. The van der Waals surface area contributed by atoms with E-state index >= 15 is 0 Å². The molecule has 1 aromatic carbocycles. The normalized spacial score (nSPS) is 16.8. The topological polar surface area (TPSA) is 105 Å². The van der Waals surface area contributed by atoms with Crippen LogP contribution >= 0.6 is 11.6 Å². The van der Waals surface area contributed by atoms with Crippen LogP contribution in [0.2, 0.25) is 5.02 Å². The third kappa shape index (κ3) is 4.95. The smallest absolute Gasteiger partial charge is 0.241 e. The van der Waals surface area contributed by atoms with Crippen LogP contribution in [0.1, 0.15) is 11.3 Å². The van der Waals surface area contributed by atoms with Crippen LogP contribution in [0.4, 0.5) is 10.3 Å². The van der Waals surface area contributed by atoms with Gasteiger partial charge in [-0.15, -0.1) is 0 Å². The number of anilines is 1. The van der Waals surface area contributed by atoms with Crippen LogP contribution < -0.4 is 9.62 Å². The lowest BCUT2D eigenvalue weighted by molar-refractivity contribution is -0.130. The van der Waals surface area contributed by atoms with Crippen molar-refractivity contribution in [2.24, 2.45) is 0 Å². The predicted molar refractivity (Wildman–Crippen MR) is 111 cm³/mol. The molecule has 1 saturated heterocycles. The molecule has 0 atom stereocenters. The Labute approximate surface area is 184 Å². The van der Waals surface area contributed by atoms with Crippen molar-refractivity contribution in [1.82, 2.24) is 19.6 Å². The highest BCUT2D eigenvalue weighted by molar-refractivity contribution is 7.89. The van der Waals surface area contributed by atoms with Gasteiger partial charge in [-0.1, -0.05) is 11.6 Å². The maximum absolute atomic E-state index is 13.3. The first-order chi connectivity index (χ1) is 14.8. The number of morpholine rings is 1. The zero-order chi connectivity index (χ0) is 22.0. The van der Waals surface area contributed by atoms with E-state index in [0.29, 0.717) is 45.2 Å². The van der Waals surface area contributed by atoms with Gasteiger partial charge in [-0.05, 0) is 30.2 Å². The number of benzene rings is 1. The van der Waals surface area contributed by atoms with E-state index in [2.05, 4.69) is 14.7 Å². The third-order valence-corrected chi connectivity index (χ3v) is 6.88. The van der Waals surface area contributed by atoms with Crippen molar-refractivity contribution < 1.29 is 22.3 Å². The lowest BCUT2D eigenvalue weighted by Gasteiger charge is -2.30. The fourth-order valence-electron chi connectivity index (χ4n) is 3.42. The van der Waals surface area contributed by atoms with Crippen molar-refractivity contribution in [3.8, 4) is 0 Å². The third-order valence-electron chi connectivity index (χ3n) is 5.19. The maximum atomic E-state index is 13.3. The average Bonchev–Trinajstić information content (AvgIpc) is 2.79. The van der Waals surface area contributed by atoms with Crippen LogP contribution in [0.25, 0.3) is 0 Å². The molecule has 2 aliphatic rings. The van der Waals surface area contributed by atoms with Gasteiger partial charge in [0.25, 0.3) is 0 Å². The fourth-order valence-corrected chi connectivity index (χ4v) is 4.66. The number of hydrogen-bond donors (Lipinski definition) is 1. The van der Waals surface area contributed by atoms with Crippen LogP contribution in [0.5, 0.6) is 0 Å². The van der Waals surface area contributed by atoms with Gasteiger partial charge in [0.1, 0.15) is 5.82 Å². The van der Waals surface area contributed by atoms with Crippen LogP contribution in [0.3, 0.4) is 0 Å². The van der Waals surface area contributed by atoms with Gasteiger partial charge in [0.15, 0.2) is 0 Å². The molecule has 0 radical (unpaired) electrons. The number of sulfonamides is 1. The predicted octanol–water partition coefficient (Wildman–Crippen LogP) is 0.969. The first-order valence-corrected chi connectivity index (χ1v) is 11.6. The Morgan fingerprint density at radius 1 is 1.26 bits per heavy atom. The molecule has 31 heavy (non-hydrogen) atoms. The number of fused-ring (bicyclic) bond motifs is 1. The summed E-state index contributed by atoms with van der Waals surface area (Å²) in [5, 5.41) is -0.308. The van der Waals surface area contributed by atoms with E-state index in [1.54, 1.807) is 11.1 Å². The Morgan fingerprint density at radius 3 is 2.77 bits per heavy atom. The Hall–Kier alpha value is -2.34. The second-order valence-corrected chi connectivity index (χ2v) is 9.38. The molecule has 0 bridgehead atoms. The van der Waals surface area contributed by atoms with Gasteiger partial charge in [-0.25, -0.2) is 27.5 Å². The summed E-state index contributed by atoms with van der Waals surface area (Å²) in [5.41, 5.74) is 1.73. The summed E-state index contributed by atoms with van der Waals surface area (Å²) in [4.78, 5) is 25.1. The van der Waals surface area contributed by atoms with Crippen LogP contribution in [0, 0.1) is 5.82 Å². The number of halogens is 2. The van der Waals surface area contributed by atoms with Gasteiger partial charge in [0.05, 0.1) is 41.9 Å². The monoisotopic (exact) mass is 469 g/mol. The highest BCUT2D eigenvalue weighted by Gasteiger charge is 2.25. The van der Waals surface area contributed by atoms with Gasteiger partial charge < -0.3 is 14.5 Å². The van der Waals surface area contributed by atoms with Crippen LogP contribution in [-0.4, -0.2) is 68.6 Å². The molecule has 0 aliphatic carbocycles. The Morgan fingerprint density at radius 2 is 2.03 bits per heavy atom. The van der Waals surface area contributed by atoms with Crippen molar-refractivity contribution in [3.63, 3.8) is 0 Å². The van der Waals surface area contributed by atoms with E-state index in [0.717, 1.165) is 29.5 Å². The Bertz CT molecular complexity index is 1090. The molecular formula is C19H21ClFN5O4S. The second-order valence-electron chi connectivity index (χ2n) is 7.21. The minimum absolute atomic E-state index is 0.210. The molecule has 0 unspecified atom stereocenters. The van der Waals surface area contributed by atoms with Crippen molar-refractivity contribution >= 4 is 33.5 Å².